The number of nitrogens with one attached hydrogen (secondary N) is 1. The number of rotatable bonds is 7. The molecule has 0 saturated carbocycles. The van der Waals surface area contributed by atoms with Crippen molar-refractivity contribution in [2.75, 3.05) is 23.2 Å². The Labute approximate surface area is 171 Å². The van der Waals surface area contributed by atoms with Crippen molar-refractivity contribution in [2.45, 2.75) is 32.9 Å². The molecule has 2 aromatic rings. The third kappa shape index (κ3) is 5.00. The molecule has 8 heteroatoms. The fourth-order valence-electron chi connectivity index (χ4n) is 2.99. The fourth-order valence-corrected chi connectivity index (χ4v) is 4.12. The van der Waals surface area contributed by atoms with Crippen LogP contribution in [-0.2, 0) is 14.8 Å². The van der Waals surface area contributed by atoms with Crippen LogP contribution in [0.1, 0.15) is 19.4 Å². The predicted octanol–water partition coefficient (Wildman–Crippen LogP) is 2.50. The van der Waals surface area contributed by atoms with Gasteiger partial charge in [0, 0.05) is 0 Å². The Morgan fingerprint density at radius 3 is 2.62 bits per heavy atom. The Hall–Kier alpha value is -2.74. The molecule has 0 aromatic heterocycles. The standard InChI is InChI=1S/C21H26N2O5S/c1-4-29(25,26)23-13-20(28-19-8-6-5-7-18(19)23)21(24)22-16(3)14-27-17-11-9-15(2)10-12-17/h5-12,16,20H,4,13-14H2,1-3H3,(H,22,24). The van der Waals surface area contributed by atoms with E-state index in [0.717, 1.165) is 11.3 Å². The van der Waals surface area contributed by atoms with E-state index in [4.69, 9.17) is 9.47 Å². The molecule has 1 aliphatic rings. The topological polar surface area (TPSA) is 84.9 Å². The lowest BCUT2D eigenvalue weighted by Crippen LogP contribution is -2.53. The molecule has 29 heavy (non-hydrogen) atoms. The van der Waals surface area contributed by atoms with E-state index in [1.165, 1.54) is 4.31 Å². The maximum Gasteiger partial charge on any atom is 0.263 e. The molecule has 7 nitrogen and oxygen atoms in total. The summed E-state index contributed by atoms with van der Waals surface area (Å²) in [6.07, 6.45) is -0.937. The summed E-state index contributed by atoms with van der Waals surface area (Å²) in [6, 6.07) is 14.2. The van der Waals surface area contributed by atoms with Crippen LogP contribution in [-0.4, -0.2) is 45.4 Å². The molecular formula is C21H26N2O5S. The van der Waals surface area contributed by atoms with Crippen LogP contribution in [0.4, 0.5) is 5.69 Å². The third-order valence-electron chi connectivity index (χ3n) is 4.64. The Morgan fingerprint density at radius 2 is 1.93 bits per heavy atom. The zero-order chi connectivity index (χ0) is 21.0. The number of nitrogens with zero attached hydrogens (tertiary/aromatic N) is 1. The number of hydrogen-bond acceptors (Lipinski definition) is 5. The lowest BCUT2D eigenvalue weighted by molar-refractivity contribution is -0.128. The van der Waals surface area contributed by atoms with Crippen molar-refractivity contribution in [3.63, 3.8) is 0 Å². The van der Waals surface area contributed by atoms with Gasteiger partial charge in [-0.1, -0.05) is 29.8 Å². The van der Waals surface area contributed by atoms with Crippen molar-refractivity contribution in [1.29, 1.82) is 0 Å². The minimum absolute atomic E-state index is 0.0591. The van der Waals surface area contributed by atoms with Crippen LogP contribution >= 0.6 is 0 Å². The molecule has 0 bridgehead atoms. The Balaban J connectivity index is 1.65. The monoisotopic (exact) mass is 418 g/mol. The van der Waals surface area contributed by atoms with Gasteiger partial charge in [0.05, 0.1) is 24.0 Å². The zero-order valence-corrected chi connectivity index (χ0v) is 17.6. The molecule has 156 valence electrons. The molecule has 0 fully saturated rings. The van der Waals surface area contributed by atoms with Crippen molar-refractivity contribution < 1.29 is 22.7 Å². The van der Waals surface area contributed by atoms with Gasteiger partial charge in [0.2, 0.25) is 10.0 Å². The van der Waals surface area contributed by atoms with E-state index in [1.807, 2.05) is 38.1 Å². The van der Waals surface area contributed by atoms with E-state index in [1.54, 1.807) is 31.2 Å². The second-order valence-corrected chi connectivity index (χ2v) is 9.22. The van der Waals surface area contributed by atoms with E-state index in [0.29, 0.717) is 11.4 Å². The van der Waals surface area contributed by atoms with E-state index in [9.17, 15) is 13.2 Å². The number of hydrogen-bond donors (Lipinski definition) is 1. The summed E-state index contributed by atoms with van der Waals surface area (Å²) in [5.74, 6) is 0.659. The molecule has 1 N–H and O–H groups in total. The van der Waals surface area contributed by atoms with E-state index < -0.39 is 16.1 Å². The number of sulfonamides is 1. The van der Waals surface area contributed by atoms with Gasteiger partial charge >= 0.3 is 0 Å². The number of anilines is 1. The van der Waals surface area contributed by atoms with Gasteiger partial charge in [-0.25, -0.2) is 8.42 Å². The van der Waals surface area contributed by atoms with Gasteiger partial charge in [-0.05, 0) is 45.0 Å². The second kappa shape index (κ2) is 8.73. The van der Waals surface area contributed by atoms with E-state index in [2.05, 4.69) is 5.32 Å². The Bertz CT molecular complexity index is 959. The first-order chi connectivity index (χ1) is 13.8. The molecule has 3 rings (SSSR count). The molecule has 1 aliphatic heterocycles. The summed E-state index contributed by atoms with van der Waals surface area (Å²) < 4.78 is 37.8. The SMILES string of the molecule is CCS(=O)(=O)N1CC(C(=O)NC(C)COc2ccc(C)cc2)Oc2ccccc21. The van der Waals surface area contributed by atoms with Crippen LogP contribution < -0.4 is 19.1 Å². The van der Waals surface area contributed by atoms with Gasteiger partial charge in [-0.3, -0.25) is 9.10 Å². The molecular weight excluding hydrogens is 392 g/mol. The number of aryl methyl sites for hydroxylation is 1. The largest absolute Gasteiger partial charge is 0.491 e. The van der Waals surface area contributed by atoms with Gasteiger partial charge in [0.15, 0.2) is 6.10 Å². The number of amides is 1. The average molecular weight is 419 g/mol. The lowest BCUT2D eigenvalue weighted by atomic mass is 10.2. The first kappa shape index (κ1) is 21.0. The highest BCUT2D eigenvalue weighted by Gasteiger charge is 2.36. The van der Waals surface area contributed by atoms with Crippen LogP contribution in [0.5, 0.6) is 11.5 Å². The summed E-state index contributed by atoms with van der Waals surface area (Å²) in [7, 11) is -3.53. The summed E-state index contributed by atoms with van der Waals surface area (Å²) in [5.41, 5.74) is 1.59. The molecule has 0 spiro atoms. The number of ether oxygens (including phenoxy) is 2. The number of fused-ring (bicyclic) bond motifs is 1. The van der Waals surface area contributed by atoms with Crippen LogP contribution in [0.25, 0.3) is 0 Å². The third-order valence-corrected chi connectivity index (χ3v) is 6.38. The number of carbonyl (C=O) groups excluding carboxylic acids is 1. The van der Waals surface area contributed by atoms with E-state index >= 15 is 0 Å². The van der Waals surface area contributed by atoms with E-state index in [-0.39, 0.29) is 30.9 Å². The molecule has 2 atom stereocenters. The maximum atomic E-state index is 12.7. The molecule has 1 amide bonds. The van der Waals surface area contributed by atoms with Crippen molar-refractivity contribution in [1.82, 2.24) is 5.32 Å². The number of carbonyl (C=O) groups is 1. The highest BCUT2D eigenvalue weighted by molar-refractivity contribution is 7.92. The van der Waals surface area contributed by atoms with Gasteiger partial charge < -0.3 is 14.8 Å². The Kier molecular flexibility index (Phi) is 6.32. The van der Waals surface area contributed by atoms with Crippen LogP contribution in [0, 0.1) is 6.92 Å². The van der Waals surface area contributed by atoms with Crippen molar-refractivity contribution >= 4 is 21.6 Å². The first-order valence-electron chi connectivity index (χ1n) is 9.56. The van der Waals surface area contributed by atoms with Crippen molar-refractivity contribution in [3.05, 3.63) is 54.1 Å². The van der Waals surface area contributed by atoms with Crippen LogP contribution in [0.15, 0.2) is 48.5 Å². The first-order valence-corrected chi connectivity index (χ1v) is 11.2. The molecule has 0 saturated heterocycles. The van der Waals surface area contributed by atoms with Crippen molar-refractivity contribution in [3.8, 4) is 11.5 Å². The predicted molar refractivity (Wildman–Crippen MR) is 112 cm³/mol. The van der Waals surface area contributed by atoms with Gasteiger partial charge in [0.1, 0.15) is 18.1 Å². The smallest absolute Gasteiger partial charge is 0.263 e. The maximum absolute atomic E-state index is 12.7. The van der Waals surface area contributed by atoms with Crippen LogP contribution in [0.2, 0.25) is 0 Å². The lowest BCUT2D eigenvalue weighted by Gasteiger charge is -2.34. The quantitative estimate of drug-likeness (QED) is 0.747. The second-order valence-electron chi connectivity index (χ2n) is 7.04. The highest BCUT2D eigenvalue weighted by Crippen LogP contribution is 2.35. The van der Waals surface area contributed by atoms with Crippen LogP contribution in [0.3, 0.4) is 0 Å². The van der Waals surface area contributed by atoms with Crippen molar-refractivity contribution in [2.24, 2.45) is 0 Å². The summed E-state index contributed by atoms with van der Waals surface area (Å²) in [4.78, 5) is 12.7. The summed E-state index contributed by atoms with van der Waals surface area (Å²) in [5, 5.41) is 2.84. The average Bonchev–Trinajstić information content (AvgIpc) is 2.72. The minimum Gasteiger partial charge on any atom is -0.491 e. The zero-order valence-electron chi connectivity index (χ0n) is 16.8. The minimum atomic E-state index is -3.53. The molecule has 2 unspecified atom stereocenters. The number of para-hydroxylation sites is 2. The normalized spacial score (nSPS) is 17.1. The molecule has 0 aliphatic carbocycles. The summed E-state index contributed by atoms with van der Waals surface area (Å²) in [6.45, 7) is 5.62. The molecule has 0 radical (unpaired) electrons. The van der Waals surface area contributed by atoms with Gasteiger partial charge in [-0.2, -0.15) is 0 Å². The summed E-state index contributed by atoms with van der Waals surface area (Å²) >= 11 is 0. The molecule has 2 aromatic carbocycles. The Morgan fingerprint density at radius 1 is 1.24 bits per heavy atom. The van der Waals surface area contributed by atoms with Gasteiger partial charge in [-0.15, -0.1) is 0 Å². The van der Waals surface area contributed by atoms with Gasteiger partial charge in [0.25, 0.3) is 5.91 Å². The molecule has 1 heterocycles. The highest BCUT2D eigenvalue weighted by atomic mass is 32.2. The number of benzene rings is 2. The fraction of sp³-hybridized carbons (Fsp3) is 0.381.